The lowest BCUT2D eigenvalue weighted by molar-refractivity contribution is 0.0605. The van der Waals surface area contributed by atoms with Gasteiger partial charge in [-0.25, -0.2) is 0 Å². The van der Waals surface area contributed by atoms with Gasteiger partial charge in [0, 0.05) is 12.6 Å². The summed E-state index contributed by atoms with van der Waals surface area (Å²) >= 11 is 0. The molecule has 0 spiro atoms. The molecule has 2 nitrogen and oxygen atoms in total. The van der Waals surface area contributed by atoms with Crippen molar-refractivity contribution >= 4 is 0 Å². The molecule has 0 saturated carbocycles. The van der Waals surface area contributed by atoms with Crippen LogP contribution in [-0.2, 0) is 0 Å². The van der Waals surface area contributed by atoms with Crippen LogP contribution in [-0.4, -0.2) is 23.8 Å². The Labute approximate surface area is 95.5 Å². The van der Waals surface area contributed by atoms with Crippen molar-refractivity contribution in [2.45, 2.75) is 66.5 Å². The summed E-state index contributed by atoms with van der Waals surface area (Å²) in [6.45, 7) is 13.6. The van der Waals surface area contributed by atoms with Gasteiger partial charge in [-0.3, -0.25) is 0 Å². The predicted molar refractivity (Wildman–Crippen MR) is 67.0 cm³/mol. The molecule has 0 bridgehead atoms. The van der Waals surface area contributed by atoms with E-state index in [4.69, 9.17) is 0 Å². The van der Waals surface area contributed by atoms with Crippen molar-refractivity contribution in [2.24, 2.45) is 11.3 Å². The topological polar surface area (TPSA) is 32.3 Å². The molecular formula is C13H29NO. The van der Waals surface area contributed by atoms with E-state index in [1.807, 2.05) is 0 Å². The Morgan fingerprint density at radius 2 is 1.60 bits per heavy atom. The molecule has 15 heavy (non-hydrogen) atoms. The summed E-state index contributed by atoms with van der Waals surface area (Å²) in [7, 11) is 0. The molecule has 0 heterocycles. The highest BCUT2D eigenvalue weighted by Gasteiger charge is 2.21. The van der Waals surface area contributed by atoms with Crippen molar-refractivity contribution in [3.05, 3.63) is 0 Å². The first kappa shape index (κ1) is 14.9. The summed E-state index contributed by atoms with van der Waals surface area (Å²) in [6, 6.07) is 0.504. The standard InChI is InChI=1S/C13H29NO/c1-10(2)7-8-11(3)14-9-12(15)13(4,5)6/h10-12,14-15H,7-9H2,1-6H3. The van der Waals surface area contributed by atoms with Gasteiger partial charge >= 0.3 is 0 Å². The fourth-order valence-electron chi connectivity index (χ4n) is 1.30. The molecule has 0 aromatic carbocycles. The number of aliphatic hydroxyl groups excluding tert-OH is 1. The molecule has 0 fully saturated rings. The average Bonchev–Trinajstić information content (AvgIpc) is 2.09. The van der Waals surface area contributed by atoms with Gasteiger partial charge in [0.15, 0.2) is 0 Å². The zero-order chi connectivity index (χ0) is 12.1. The molecule has 0 amide bonds. The van der Waals surface area contributed by atoms with E-state index in [2.05, 4.69) is 46.9 Å². The van der Waals surface area contributed by atoms with Crippen LogP contribution in [0.15, 0.2) is 0 Å². The number of hydrogen-bond acceptors (Lipinski definition) is 2. The monoisotopic (exact) mass is 215 g/mol. The quantitative estimate of drug-likeness (QED) is 0.714. The second kappa shape index (κ2) is 6.49. The van der Waals surface area contributed by atoms with Gasteiger partial charge in [0.2, 0.25) is 0 Å². The van der Waals surface area contributed by atoms with E-state index < -0.39 is 0 Å². The number of rotatable bonds is 6. The Morgan fingerprint density at radius 1 is 1.07 bits per heavy atom. The van der Waals surface area contributed by atoms with Crippen LogP contribution in [0.25, 0.3) is 0 Å². The van der Waals surface area contributed by atoms with Crippen LogP contribution in [0, 0.1) is 11.3 Å². The molecule has 2 heteroatoms. The number of aliphatic hydroxyl groups is 1. The van der Waals surface area contributed by atoms with Crippen molar-refractivity contribution in [1.29, 1.82) is 0 Å². The van der Waals surface area contributed by atoms with Crippen LogP contribution in [0.5, 0.6) is 0 Å². The average molecular weight is 215 g/mol. The summed E-state index contributed by atoms with van der Waals surface area (Å²) in [4.78, 5) is 0. The smallest absolute Gasteiger partial charge is 0.0712 e. The first-order valence-corrected chi connectivity index (χ1v) is 6.15. The van der Waals surface area contributed by atoms with Crippen LogP contribution >= 0.6 is 0 Å². The SMILES string of the molecule is CC(C)CCC(C)NCC(O)C(C)(C)C. The van der Waals surface area contributed by atoms with E-state index >= 15 is 0 Å². The fourth-order valence-corrected chi connectivity index (χ4v) is 1.30. The molecular weight excluding hydrogens is 186 g/mol. The van der Waals surface area contributed by atoms with Gasteiger partial charge in [-0.05, 0) is 31.1 Å². The molecule has 0 aromatic rings. The third-order valence-corrected chi connectivity index (χ3v) is 2.84. The molecule has 0 radical (unpaired) electrons. The Bertz CT molecular complexity index is 160. The molecule has 0 aliphatic rings. The normalized spacial score (nSPS) is 16.8. The van der Waals surface area contributed by atoms with Crippen molar-refractivity contribution < 1.29 is 5.11 Å². The Balaban J connectivity index is 3.66. The van der Waals surface area contributed by atoms with Crippen LogP contribution in [0.1, 0.15) is 54.4 Å². The summed E-state index contributed by atoms with van der Waals surface area (Å²) < 4.78 is 0. The highest BCUT2D eigenvalue weighted by atomic mass is 16.3. The van der Waals surface area contributed by atoms with Gasteiger partial charge in [-0.2, -0.15) is 0 Å². The first-order chi connectivity index (χ1) is 6.73. The van der Waals surface area contributed by atoms with Crippen molar-refractivity contribution in [3.63, 3.8) is 0 Å². The largest absolute Gasteiger partial charge is 0.391 e. The Morgan fingerprint density at radius 3 is 2.00 bits per heavy atom. The number of hydrogen-bond donors (Lipinski definition) is 2. The van der Waals surface area contributed by atoms with Crippen LogP contribution in [0.3, 0.4) is 0 Å². The molecule has 0 aromatic heterocycles. The minimum absolute atomic E-state index is 0.0230. The number of nitrogens with one attached hydrogen (secondary N) is 1. The molecule has 0 saturated heterocycles. The molecule has 0 aliphatic heterocycles. The van der Waals surface area contributed by atoms with E-state index in [1.54, 1.807) is 0 Å². The van der Waals surface area contributed by atoms with Crippen LogP contribution in [0.2, 0.25) is 0 Å². The second-order valence-corrected chi connectivity index (χ2v) is 6.16. The summed E-state index contributed by atoms with van der Waals surface area (Å²) in [5, 5.41) is 13.2. The first-order valence-electron chi connectivity index (χ1n) is 6.15. The molecule has 92 valence electrons. The predicted octanol–water partition coefficient (Wildman–Crippen LogP) is 2.81. The molecule has 2 N–H and O–H groups in total. The molecule has 2 atom stereocenters. The van der Waals surface area contributed by atoms with E-state index in [1.165, 1.54) is 12.8 Å². The minimum atomic E-state index is -0.265. The van der Waals surface area contributed by atoms with Crippen molar-refractivity contribution in [1.82, 2.24) is 5.32 Å². The molecule has 0 aliphatic carbocycles. The summed E-state index contributed by atoms with van der Waals surface area (Å²) in [5.41, 5.74) is -0.0230. The van der Waals surface area contributed by atoms with Crippen LogP contribution < -0.4 is 5.32 Å². The zero-order valence-electron chi connectivity index (χ0n) is 11.3. The summed E-state index contributed by atoms with van der Waals surface area (Å²) in [6.07, 6.45) is 2.17. The lowest BCUT2D eigenvalue weighted by atomic mass is 9.89. The zero-order valence-corrected chi connectivity index (χ0v) is 11.3. The van der Waals surface area contributed by atoms with E-state index in [0.29, 0.717) is 12.6 Å². The highest BCUT2D eigenvalue weighted by molar-refractivity contribution is 4.76. The van der Waals surface area contributed by atoms with Crippen molar-refractivity contribution in [2.75, 3.05) is 6.54 Å². The fraction of sp³-hybridized carbons (Fsp3) is 1.00. The Hall–Kier alpha value is -0.0800. The van der Waals surface area contributed by atoms with Gasteiger partial charge in [0.1, 0.15) is 0 Å². The second-order valence-electron chi connectivity index (χ2n) is 6.16. The lowest BCUT2D eigenvalue weighted by Gasteiger charge is -2.27. The third-order valence-electron chi connectivity index (χ3n) is 2.84. The molecule has 0 rings (SSSR count). The third kappa shape index (κ3) is 7.80. The highest BCUT2D eigenvalue weighted by Crippen LogP contribution is 2.18. The van der Waals surface area contributed by atoms with Gasteiger partial charge in [-0.15, -0.1) is 0 Å². The maximum Gasteiger partial charge on any atom is 0.0712 e. The van der Waals surface area contributed by atoms with E-state index in [-0.39, 0.29) is 11.5 Å². The minimum Gasteiger partial charge on any atom is -0.391 e. The van der Waals surface area contributed by atoms with E-state index in [9.17, 15) is 5.11 Å². The van der Waals surface area contributed by atoms with Gasteiger partial charge in [0.25, 0.3) is 0 Å². The van der Waals surface area contributed by atoms with Gasteiger partial charge in [-0.1, -0.05) is 34.6 Å². The maximum atomic E-state index is 9.85. The van der Waals surface area contributed by atoms with Crippen LogP contribution in [0.4, 0.5) is 0 Å². The lowest BCUT2D eigenvalue weighted by Crippen LogP contribution is -2.40. The van der Waals surface area contributed by atoms with Gasteiger partial charge < -0.3 is 10.4 Å². The van der Waals surface area contributed by atoms with E-state index in [0.717, 1.165) is 5.92 Å². The maximum absolute atomic E-state index is 9.85. The van der Waals surface area contributed by atoms with Crippen molar-refractivity contribution in [3.8, 4) is 0 Å². The Kier molecular flexibility index (Phi) is 6.46. The summed E-state index contributed by atoms with van der Waals surface area (Å²) in [5.74, 6) is 0.766. The molecule has 2 unspecified atom stereocenters. The van der Waals surface area contributed by atoms with Gasteiger partial charge in [0.05, 0.1) is 6.10 Å².